The lowest BCUT2D eigenvalue weighted by atomic mass is 10.0. The Kier molecular flexibility index (Phi) is 5.44. The van der Waals surface area contributed by atoms with Crippen molar-refractivity contribution < 1.29 is 4.79 Å². The first-order chi connectivity index (χ1) is 8.06. The second-order valence-corrected chi connectivity index (χ2v) is 5.48. The fourth-order valence-corrected chi connectivity index (χ4v) is 2.11. The van der Waals surface area contributed by atoms with Crippen molar-refractivity contribution in [2.45, 2.75) is 71.9 Å². The van der Waals surface area contributed by atoms with Crippen LogP contribution < -0.4 is 10.6 Å². The highest BCUT2D eigenvalue weighted by Gasteiger charge is 2.40. The summed E-state index contributed by atoms with van der Waals surface area (Å²) in [6.07, 6.45) is 5.87. The zero-order valence-electron chi connectivity index (χ0n) is 11.8. The van der Waals surface area contributed by atoms with Gasteiger partial charge in [-0.15, -0.1) is 0 Å². The van der Waals surface area contributed by atoms with Gasteiger partial charge in [-0.3, -0.25) is 4.79 Å². The zero-order chi connectivity index (χ0) is 12.9. The number of rotatable bonds is 8. The molecule has 0 spiro atoms. The van der Waals surface area contributed by atoms with E-state index in [9.17, 15) is 4.79 Å². The first-order valence-corrected chi connectivity index (χ1v) is 7.10. The lowest BCUT2D eigenvalue weighted by molar-refractivity contribution is -0.123. The van der Waals surface area contributed by atoms with Crippen molar-refractivity contribution in [2.24, 2.45) is 5.41 Å². The van der Waals surface area contributed by atoms with Gasteiger partial charge < -0.3 is 10.6 Å². The van der Waals surface area contributed by atoms with Crippen molar-refractivity contribution >= 4 is 5.91 Å². The third kappa shape index (κ3) is 4.30. The molecule has 3 nitrogen and oxygen atoms in total. The Balaban J connectivity index is 2.26. The van der Waals surface area contributed by atoms with Crippen molar-refractivity contribution in [3.63, 3.8) is 0 Å². The molecule has 0 radical (unpaired) electrons. The second-order valence-electron chi connectivity index (χ2n) is 5.48. The molecule has 1 saturated carbocycles. The minimum Gasteiger partial charge on any atom is -0.352 e. The molecule has 0 saturated heterocycles. The Morgan fingerprint density at radius 1 is 1.24 bits per heavy atom. The van der Waals surface area contributed by atoms with Gasteiger partial charge in [-0.25, -0.2) is 0 Å². The number of carbonyl (C=O) groups excluding carboxylic acids is 1. The maximum Gasteiger partial charge on any atom is 0.237 e. The van der Waals surface area contributed by atoms with Gasteiger partial charge in [-0.1, -0.05) is 20.8 Å². The van der Waals surface area contributed by atoms with Crippen LogP contribution in [0.15, 0.2) is 0 Å². The Bertz CT molecular complexity index is 245. The highest BCUT2D eigenvalue weighted by Crippen LogP contribution is 2.47. The van der Waals surface area contributed by atoms with Crippen LogP contribution in [-0.2, 0) is 4.79 Å². The topological polar surface area (TPSA) is 41.1 Å². The summed E-state index contributed by atoms with van der Waals surface area (Å²) < 4.78 is 0. The molecule has 17 heavy (non-hydrogen) atoms. The van der Waals surface area contributed by atoms with E-state index in [4.69, 9.17) is 0 Å². The first kappa shape index (κ1) is 14.5. The lowest BCUT2D eigenvalue weighted by Crippen LogP contribution is -2.47. The molecule has 1 unspecified atom stereocenters. The molecule has 1 aliphatic carbocycles. The van der Waals surface area contributed by atoms with Gasteiger partial charge in [0.15, 0.2) is 0 Å². The molecule has 2 N–H and O–H groups in total. The van der Waals surface area contributed by atoms with Gasteiger partial charge in [0.2, 0.25) is 5.91 Å². The van der Waals surface area contributed by atoms with E-state index in [0.29, 0.717) is 11.5 Å². The SMILES string of the molecule is CCC(CC)NC(=O)C(C)NCC1(CC)CC1. The molecule has 0 aromatic carbocycles. The molecule has 0 aliphatic heterocycles. The predicted molar refractivity (Wildman–Crippen MR) is 71.9 cm³/mol. The van der Waals surface area contributed by atoms with Crippen LogP contribution in [-0.4, -0.2) is 24.5 Å². The van der Waals surface area contributed by atoms with Crippen LogP contribution in [0.4, 0.5) is 0 Å². The summed E-state index contributed by atoms with van der Waals surface area (Å²) in [7, 11) is 0. The number of carbonyl (C=O) groups is 1. The van der Waals surface area contributed by atoms with Crippen molar-refractivity contribution in [1.82, 2.24) is 10.6 Å². The first-order valence-electron chi connectivity index (χ1n) is 7.10. The summed E-state index contributed by atoms with van der Waals surface area (Å²) in [4.78, 5) is 11.9. The Morgan fingerprint density at radius 3 is 2.24 bits per heavy atom. The van der Waals surface area contributed by atoms with E-state index in [0.717, 1.165) is 19.4 Å². The second kappa shape index (κ2) is 6.39. The molecular weight excluding hydrogens is 212 g/mol. The quantitative estimate of drug-likeness (QED) is 0.684. The number of amides is 1. The van der Waals surface area contributed by atoms with E-state index in [1.54, 1.807) is 0 Å². The third-order valence-corrected chi connectivity index (χ3v) is 4.22. The molecule has 1 rings (SSSR count). The molecule has 0 aromatic rings. The Morgan fingerprint density at radius 2 is 1.82 bits per heavy atom. The van der Waals surface area contributed by atoms with Gasteiger partial charge >= 0.3 is 0 Å². The van der Waals surface area contributed by atoms with Crippen molar-refractivity contribution in [3.8, 4) is 0 Å². The Hall–Kier alpha value is -0.570. The van der Waals surface area contributed by atoms with Crippen LogP contribution >= 0.6 is 0 Å². The van der Waals surface area contributed by atoms with Gasteiger partial charge in [-0.2, -0.15) is 0 Å². The van der Waals surface area contributed by atoms with E-state index < -0.39 is 0 Å². The van der Waals surface area contributed by atoms with Crippen LogP contribution in [0.25, 0.3) is 0 Å². The number of hydrogen-bond acceptors (Lipinski definition) is 2. The molecule has 0 aromatic heterocycles. The molecule has 0 heterocycles. The summed E-state index contributed by atoms with van der Waals surface area (Å²) >= 11 is 0. The van der Waals surface area contributed by atoms with Gasteiger partial charge in [-0.05, 0) is 44.4 Å². The standard InChI is InChI=1S/C14H28N2O/c1-5-12(6-2)16-13(17)11(4)15-10-14(7-3)8-9-14/h11-12,15H,5-10H2,1-4H3,(H,16,17). The van der Waals surface area contributed by atoms with Gasteiger partial charge in [0.25, 0.3) is 0 Å². The molecular formula is C14H28N2O. The predicted octanol–water partition coefficient (Wildman–Crippen LogP) is 2.46. The van der Waals surface area contributed by atoms with Crippen LogP contribution in [0, 0.1) is 5.41 Å². The average molecular weight is 240 g/mol. The summed E-state index contributed by atoms with van der Waals surface area (Å²) in [5.74, 6) is 0.144. The summed E-state index contributed by atoms with van der Waals surface area (Å²) in [6, 6.07) is 0.257. The molecule has 1 aliphatic rings. The van der Waals surface area contributed by atoms with Crippen LogP contribution in [0.5, 0.6) is 0 Å². The zero-order valence-corrected chi connectivity index (χ0v) is 11.8. The van der Waals surface area contributed by atoms with Crippen LogP contribution in [0.3, 0.4) is 0 Å². The fourth-order valence-electron chi connectivity index (χ4n) is 2.11. The van der Waals surface area contributed by atoms with E-state index in [-0.39, 0.29) is 11.9 Å². The van der Waals surface area contributed by atoms with E-state index in [1.165, 1.54) is 19.3 Å². The maximum absolute atomic E-state index is 11.9. The van der Waals surface area contributed by atoms with Gasteiger partial charge in [0, 0.05) is 12.6 Å². The van der Waals surface area contributed by atoms with Gasteiger partial charge in [0.05, 0.1) is 6.04 Å². The van der Waals surface area contributed by atoms with Crippen LogP contribution in [0.2, 0.25) is 0 Å². The molecule has 0 bridgehead atoms. The molecule has 100 valence electrons. The lowest BCUT2D eigenvalue weighted by Gasteiger charge is -2.21. The molecule has 1 atom stereocenters. The average Bonchev–Trinajstić information content (AvgIpc) is 3.13. The minimum absolute atomic E-state index is 0.0698. The number of nitrogens with one attached hydrogen (secondary N) is 2. The maximum atomic E-state index is 11.9. The third-order valence-electron chi connectivity index (χ3n) is 4.22. The highest BCUT2D eigenvalue weighted by atomic mass is 16.2. The molecule has 1 fully saturated rings. The van der Waals surface area contributed by atoms with Gasteiger partial charge in [0.1, 0.15) is 0 Å². The van der Waals surface area contributed by atoms with E-state index >= 15 is 0 Å². The molecule has 3 heteroatoms. The largest absolute Gasteiger partial charge is 0.352 e. The van der Waals surface area contributed by atoms with Crippen molar-refractivity contribution in [2.75, 3.05) is 6.54 Å². The van der Waals surface area contributed by atoms with E-state index in [1.807, 2.05) is 6.92 Å². The Labute approximate surface area is 106 Å². The summed E-state index contributed by atoms with van der Waals surface area (Å²) in [6.45, 7) is 9.42. The summed E-state index contributed by atoms with van der Waals surface area (Å²) in [5.41, 5.74) is 0.503. The minimum atomic E-state index is -0.0698. The smallest absolute Gasteiger partial charge is 0.237 e. The van der Waals surface area contributed by atoms with Crippen molar-refractivity contribution in [3.05, 3.63) is 0 Å². The van der Waals surface area contributed by atoms with E-state index in [2.05, 4.69) is 31.4 Å². The monoisotopic (exact) mass is 240 g/mol. The summed E-state index contributed by atoms with van der Waals surface area (Å²) in [5, 5.41) is 6.47. The fraction of sp³-hybridized carbons (Fsp3) is 0.929. The normalized spacial score (nSPS) is 19.1. The highest BCUT2D eigenvalue weighted by molar-refractivity contribution is 5.81. The molecule has 1 amide bonds. The van der Waals surface area contributed by atoms with Crippen molar-refractivity contribution in [1.29, 1.82) is 0 Å². The number of hydrogen-bond donors (Lipinski definition) is 2. The van der Waals surface area contributed by atoms with Crippen LogP contribution in [0.1, 0.15) is 59.8 Å².